The van der Waals surface area contributed by atoms with E-state index in [4.69, 9.17) is 11.0 Å². The van der Waals surface area contributed by atoms with Crippen molar-refractivity contribution in [2.75, 3.05) is 13.6 Å². The van der Waals surface area contributed by atoms with Crippen LogP contribution in [0.1, 0.15) is 28.3 Å². The van der Waals surface area contributed by atoms with Crippen molar-refractivity contribution >= 4 is 11.8 Å². The lowest BCUT2D eigenvalue weighted by Gasteiger charge is -2.26. The molecule has 0 fully saturated rings. The van der Waals surface area contributed by atoms with E-state index in [1.165, 1.54) is 0 Å². The van der Waals surface area contributed by atoms with Gasteiger partial charge in [0, 0.05) is 12.4 Å². The molecule has 2 aromatic rings. The summed E-state index contributed by atoms with van der Waals surface area (Å²) >= 11 is 0. The number of carbonyl (C=O) groups excluding carboxylic acids is 2. The topological polar surface area (TPSA) is 112 Å². The molecule has 1 aromatic carbocycles. The predicted molar refractivity (Wildman–Crippen MR) is 106 cm³/mol. The second-order valence-electron chi connectivity index (χ2n) is 6.74. The molecule has 0 spiro atoms. The molecule has 2 rings (SSSR count). The Morgan fingerprint density at radius 3 is 2.46 bits per heavy atom. The molecule has 0 aliphatic heterocycles. The lowest BCUT2D eigenvalue weighted by atomic mass is 10.0. The van der Waals surface area contributed by atoms with Crippen molar-refractivity contribution in [1.29, 1.82) is 5.26 Å². The molecule has 7 nitrogen and oxygen atoms in total. The number of nitrogens with two attached hydrogens (primary N) is 1. The minimum atomic E-state index is -0.926. The van der Waals surface area contributed by atoms with Gasteiger partial charge in [-0.15, -0.1) is 0 Å². The summed E-state index contributed by atoms with van der Waals surface area (Å²) in [4.78, 5) is 30.8. The molecule has 146 valence electrons. The van der Waals surface area contributed by atoms with E-state index in [1.54, 1.807) is 31.6 Å². The Morgan fingerprint density at radius 2 is 1.93 bits per heavy atom. The van der Waals surface area contributed by atoms with Crippen molar-refractivity contribution in [3.63, 3.8) is 0 Å². The maximum absolute atomic E-state index is 13.0. The smallest absolute Gasteiger partial charge is 0.251 e. The molecule has 7 heteroatoms. The summed E-state index contributed by atoms with van der Waals surface area (Å²) in [5, 5.41) is 12.0. The van der Waals surface area contributed by atoms with Crippen LogP contribution in [0.15, 0.2) is 42.7 Å². The quantitative estimate of drug-likeness (QED) is 0.704. The lowest BCUT2D eigenvalue weighted by Crippen LogP contribution is -2.50. The number of hydrogen-bond donors (Lipinski definition) is 2. The third-order valence-corrected chi connectivity index (χ3v) is 4.37. The van der Waals surface area contributed by atoms with Gasteiger partial charge in [0.2, 0.25) is 5.91 Å². The van der Waals surface area contributed by atoms with E-state index in [9.17, 15) is 9.59 Å². The van der Waals surface area contributed by atoms with Gasteiger partial charge < -0.3 is 11.1 Å². The Morgan fingerprint density at radius 1 is 1.25 bits per heavy atom. The number of nitriles is 1. The van der Waals surface area contributed by atoms with Crippen molar-refractivity contribution in [1.82, 2.24) is 15.2 Å². The number of nitrogens with one attached hydrogen (secondary N) is 1. The number of benzene rings is 1. The number of amides is 2. The van der Waals surface area contributed by atoms with Crippen LogP contribution < -0.4 is 11.1 Å². The Hall–Kier alpha value is -3.08. The number of nitrogens with zero attached hydrogens (tertiary/aromatic N) is 3. The summed E-state index contributed by atoms with van der Waals surface area (Å²) in [6.45, 7) is 3.58. The highest BCUT2D eigenvalue weighted by molar-refractivity contribution is 6.00. The zero-order valence-electron chi connectivity index (χ0n) is 16.3. The zero-order chi connectivity index (χ0) is 20.7. The van der Waals surface area contributed by atoms with Gasteiger partial charge in [0.25, 0.3) is 5.91 Å². The summed E-state index contributed by atoms with van der Waals surface area (Å²) in [6, 6.07) is 9.56. The molecule has 3 N–H and O–H groups in total. The van der Waals surface area contributed by atoms with Crippen LogP contribution in [0.5, 0.6) is 0 Å². The van der Waals surface area contributed by atoms with Crippen LogP contribution in [-0.4, -0.2) is 41.3 Å². The fourth-order valence-corrected chi connectivity index (χ4v) is 3.20. The van der Waals surface area contributed by atoms with Crippen molar-refractivity contribution < 1.29 is 9.59 Å². The minimum absolute atomic E-state index is 0.285. The largest absolute Gasteiger partial charge is 0.320 e. The van der Waals surface area contributed by atoms with Crippen molar-refractivity contribution in [2.24, 2.45) is 5.73 Å². The Bertz CT molecular complexity index is 856. The van der Waals surface area contributed by atoms with Crippen molar-refractivity contribution in [2.45, 2.75) is 32.4 Å². The summed E-state index contributed by atoms with van der Waals surface area (Å²) < 4.78 is 0. The van der Waals surface area contributed by atoms with Gasteiger partial charge >= 0.3 is 0 Å². The molecular weight excluding hydrogens is 354 g/mol. The van der Waals surface area contributed by atoms with Gasteiger partial charge in [0.05, 0.1) is 12.1 Å². The van der Waals surface area contributed by atoms with Gasteiger partial charge in [-0.1, -0.05) is 35.4 Å². The van der Waals surface area contributed by atoms with Gasteiger partial charge in [0.1, 0.15) is 12.6 Å². The molecule has 0 aliphatic carbocycles. The van der Waals surface area contributed by atoms with Crippen LogP contribution in [0.2, 0.25) is 0 Å². The van der Waals surface area contributed by atoms with Crippen LogP contribution in [0.25, 0.3) is 0 Å². The van der Waals surface area contributed by atoms with Gasteiger partial charge in [-0.05, 0) is 44.5 Å². The normalized spacial score (nSPS) is 12.7. The molecule has 1 unspecified atom stereocenters. The number of pyridine rings is 1. The lowest BCUT2D eigenvalue weighted by molar-refractivity contribution is -0.146. The van der Waals surface area contributed by atoms with Gasteiger partial charge in [-0.3, -0.25) is 19.5 Å². The van der Waals surface area contributed by atoms with E-state index >= 15 is 0 Å². The van der Waals surface area contributed by atoms with Crippen LogP contribution in [0, 0.1) is 25.2 Å². The van der Waals surface area contributed by atoms with E-state index in [0.29, 0.717) is 5.56 Å². The second-order valence-corrected chi connectivity index (χ2v) is 6.74. The fourth-order valence-electron chi connectivity index (χ4n) is 3.20. The number of rotatable bonds is 7. The maximum atomic E-state index is 13.0. The fraction of sp³-hybridized carbons (Fsp3) is 0.333. The van der Waals surface area contributed by atoms with Crippen LogP contribution in [0.4, 0.5) is 0 Å². The first kappa shape index (κ1) is 21.2. The molecular formula is C21H25N5O2. The van der Waals surface area contributed by atoms with Crippen LogP contribution >= 0.6 is 0 Å². The number of aromatic nitrogens is 1. The standard InChI is InChI=1S/C21H25N5O2/c1-14-9-15(2)11-16(10-14)12-18(23)20(27)26(8-6-22)21(28)19(24-3)17-5-4-7-25-13-17/h4-5,7,9-11,13,18-19,24H,8,12,23H2,1-3H3/t18-,19?/m0/s1. The summed E-state index contributed by atoms with van der Waals surface area (Å²) in [5.74, 6) is -1.10. The number of imide groups is 1. The van der Waals surface area contributed by atoms with E-state index < -0.39 is 23.9 Å². The molecule has 28 heavy (non-hydrogen) atoms. The molecule has 1 aromatic heterocycles. The van der Waals surface area contributed by atoms with E-state index in [1.807, 2.05) is 38.1 Å². The molecule has 1 heterocycles. The maximum Gasteiger partial charge on any atom is 0.251 e. The van der Waals surface area contributed by atoms with Gasteiger partial charge in [-0.2, -0.15) is 5.26 Å². The molecule has 0 bridgehead atoms. The first-order valence-corrected chi connectivity index (χ1v) is 8.99. The average Bonchev–Trinajstić information content (AvgIpc) is 2.66. The number of aryl methyl sites for hydroxylation is 2. The van der Waals surface area contributed by atoms with Crippen LogP contribution in [0.3, 0.4) is 0 Å². The van der Waals surface area contributed by atoms with Gasteiger partial charge in [-0.25, -0.2) is 0 Å². The molecule has 2 atom stereocenters. The SMILES string of the molecule is CNC(C(=O)N(CC#N)C(=O)[C@@H](N)Cc1cc(C)cc(C)c1)c1cccnc1. The Balaban J connectivity index is 2.22. The van der Waals surface area contributed by atoms with Crippen molar-refractivity contribution in [3.8, 4) is 6.07 Å². The number of hydrogen-bond acceptors (Lipinski definition) is 6. The third-order valence-electron chi connectivity index (χ3n) is 4.37. The number of likely N-dealkylation sites (N-methyl/N-ethyl adjacent to an activating group) is 1. The summed E-state index contributed by atoms with van der Waals surface area (Å²) in [5.41, 5.74) is 9.79. The average molecular weight is 379 g/mol. The van der Waals surface area contributed by atoms with Gasteiger partial charge in [0.15, 0.2) is 0 Å². The predicted octanol–water partition coefficient (Wildman–Crippen LogP) is 1.41. The highest BCUT2D eigenvalue weighted by Crippen LogP contribution is 2.16. The molecule has 0 radical (unpaired) electrons. The minimum Gasteiger partial charge on any atom is -0.320 e. The monoisotopic (exact) mass is 379 g/mol. The number of carbonyl (C=O) groups is 2. The Labute approximate surface area is 165 Å². The first-order valence-electron chi connectivity index (χ1n) is 8.99. The highest BCUT2D eigenvalue weighted by Gasteiger charge is 2.32. The third kappa shape index (κ3) is 5.22. The zero-order valence-corrected chi connectivity index (χ0v) is 16.3. The van der Waals surface area contributed by atoms with E-state index in [-0.39, 0.29) is 13.0 Å². The van der Waals surface area contributed by atoms with E-state index in [0.717, 1.165) is 21.6 Å². The van der Waals surface area contributed by atoms with Crippen molar-refractivity contribution in [3.05, 3.63) is 65.0 Å². The molecule has 0 saturated heterocycles. The highest BCUT2D eigenvalue weighted by atomic mass is 16.2. The summed E-state index contributed by atoms with van der Waals surface area (Å²) in [6.07, 6.45) is 3.43. The summed E-state index contributed by atoms with van der Waals surface area (Å²) in [7, 11) is 1.61. The first-order chi connectivity index (χ1) is 13.4. The van der Waals surface area contributed by atoms with E-state index in [2.05, 4.69) is 10.3 Å². The second kappa shape index (κ2) is 9.74. The Kier molecular flexibility index (Phi) is 7.38. The van der Waals surface area contributed by atoms with Crippen LogP contribution in [-0.2, 0) is 16.0 Å². The molecule has 2 amide bonds. The molecule has 0 saturated carbocycles. The molecule has 0 aliphatic rings.